The number of hydrogen-bond donors (Lipinski definition) is 2. The van der Waals surface area contributed by atoms with Crippen molar-refractivity contribution in [2.45, 2.75) is 25.9 Å². The summed E-state index contributed by atoms with van der Waals surface area (Å²) in [6.45, 7) is 3.64. The van der Waals surface area contributed by atoms with Crippen LogP contribution in [0.1, 0.15) is 25.8 Å². The average Bonchev–Trinajstić information content (AvgIpc) is 2.05. The molecule has 0 aliphatic carbocycles. The van der Waals surface area contributed by atoms with Crippen LogP contribution in [-0.4, -0.2) is 10.2 Å². The first-order chi connectivity index (χ1) is 5.56. The Labute approximate surface area is 72.5 Å². The van der Waals surface area contributed by atoms with Gasteiger partial charge in [-0.25, -0.2) is 0 Å². The van der Waals surface area contributed by atoms with E-state index in [1.165, 1.54) is 0 Å². The van der Waals surface area contributed by atoms with Crippen molar-refractivity contribution in [2.75, 3.05) is 0 Å². The summed E-state index contributed by atoms with van der Waals surface area (Å²) in [6, 6.07) is 6.72. The Hall–Kier alpha value is -1.02. The van der Waals surface area contributed by atoms with Crippen molar-refractivity contribution < 1.29 is 10.2 Å². The molecule has 0 amide bonds. The van der Waals surface area contributed by atoms with E-state index in [0.717, 1.165) is 5.56 Å². The predicted octanol–water partition coefficient (Wildman–Crippen LogP) is 2.01. The third-order valence-electron chi connectivity index (χ3n) is 2.16. The van der Waals surface area contributed by atoms with Crippen molar-refractivity contribution in [3.05, 3.63) is 29.8 Å². The van der Waals surface area contributed by atoms with Crippen LogP contribution in [0.15, 0.2) is 24.3 Å². The minimum atomic E-state index is -0.835. The minimum absolute atomic E-state index is 0.196. The third kappa shape index (κ3) is 1.77. The van der Waals surface area contributed by atoms with E-state index in [0.29, 0.717) is 6.42 Å². The van der Waals surface area contributed by atoms with E-state index in [-0.39, 0.29) is 5.75 Å². The molecule has 2 N–H and O–H groups in total. The molecular weight excluding hydrogens is 152 g/mol. The fraction of sp³-hybridized carbons (Fsp3) is 0.400. The molecule has 0 spiro atoms. The second-order valence-electron chi connectivity index (χ2n) is 3.18. The Morgan fingerprint density at radius 1 is 1.42 bits per heavy atom. The number of rotatable bonds is 2. The van der Waals surface area contributed by atoms with Gasteiger partial charge in [0, 0.05) is 0 Å². The molecule has 0 fully saturated rings. The smallest absolute Gasteiger partial charge is 0.115 e. The predicted molar refractivity (Wildman–Crippen MR) is 48.0 cm³/mol. The summed E-state index contributed by atoms with van der Waals surface area (Å²) in [5.74, 6) is 0.196. The lowest BCUT2D eigenvalue weighted by atomic mass is 9.93. The van der Waals surface area contributed by atoms with Gasteiger partial charge in [0.25, 0.3) is 0 Å². The van der Waals surface area contributed by atoms with E-state index in [4.69, 9.17) is 5.11 Å². The van der Waals surface area contributed by atoms with Gasteiger partial charge in [-0.1, -0.05) is 19.1 Å². The Morgan fingerprint density at radius 3 is 2.58 bits per heavy atom. The molecule has 2 heteroatoms. The summed E-state index contributed by atoms with van der Waals surface area (Å²) in [5.41, 5.74) is -0.0800. The molecule has 1 aromatic rings. The lowest BCUT2D eigenvalue weighted by molar-refractivity contribution is 0.0528. The van der Waals surface area contributed by atoms with Crippen molar-refractivity contribution in [1.82, 2.24) is 0 Å². The summed E-state index contributed by atoms with van der Waals surface area (Å²) in [7, 11) is 0. The van der Waals surface area contributed by atoms with Crippen LogP contribution in [-0.2, 0) is 5.60 Å². The topological polar surface area (TPSA) is 40.5 Å². The lowest BCUT2D eigenvalue weighted by Gasteiger charge is -2.21. The Morgan fingerprint density at radius 2 is 2.08 bits per heavy atom. The molecule has 1 rings (SSSR count). The maximum Gasteiger partial charge on any atom is 0.115 e. The fourth-order valence-electron chi connectivity index (χ4n) is 1.05. The van der Waals surface area contributed by atoms with E-state index >= 15 is 0 Å². The molecule has 66 valence electrons. The zero-order valence-corrected chi connectivity index (χ0v) is 7.41. The van der Waals surface area contributed by atoms with Crippen LogP contribution in [0.2, 0.25) is 0 Å². The highest BCUT2D eigenvalue weighted by molar-refractivity contribution is 5.30. The first kappa shape index (κ1) is 9.07. The quantitative estimate of drug-likeness (QED) is 0.705. The van der Waals surface area contributed by atoms with E-state index in [2.05, 4.69) is 0 Å². The van der Waals surface area contributed by atoms with Crippen LogP contribution in [0.5, 0.6) is 5.75 Å². The van der Waals surface area contributed by atoms with E-state index in [9.17, 15) is 5.11 Å². The molecule has 12 heavy (non-hydrogen) atoms. The largest absolute Gasteiger partial charge is 0.508 e. The molecular formula is C10H14O2. The monoisotopic (exact) mass is 166 g/mol. The molecule has 0 aliphatic heterocycles. The van der Waals surface area contributed by atoms with E-state index < -0.39 is 5.60 Å². The van der Waals surface area contributed by atoms with Gasteiger partial charge in [0.1, 0.15) is 5.75 Å². The molecule has 0 bridgehead atoms. The van der Waals surface area contributed by atoms with Gasteiger partial charge in [-0.05, 0) is 31.0 Å². The number of hydrogen-bond acceptors (Lipinski definition) is 2. The average molecular weight is 166 g/mol. The van der Waals surface area contributed by atoms with Crippen LogP contribution >= 0.6 is 0 Å². The van der Waals surface area contributed by atoms with Gasteiger partial charge in [0.05, 0.1) is 5.60 Å². The number of phenolic OH excluding ortho intramolecular Hbond substituents is 1. The Bertz CT molecular complexity index is 266. The van der Waals surface area contributed by atoms with E-state index in [1.807, 2.05) is 13.0 Å². The summed E-state index contributed by atoms with van der Waals surface area (Å²) in [4.78, 5) is 0. The van der Waals surface area contributed by atoms with Gasteiger partial charge in [-0.15, -0.1) is 0 Å². The molecule has 0 aliphatic rings. The third-order valence-corrected chi connectivity index (χ3v) is 2.16. The van der Waals surface area contributed by atoms with Crippen LogP contribution in [0.25, 0.3) is 0 Å². The SMILES string of the molecule is CC[C@@](C)(O)c1cccc(O)c1. The van der Waals surface area contributed by atoms with Crippen molar-refractivity contribution in [2.24, 2.45) is 0 Å². The van der Waals surface area contributed by atoms with Gasteiger partial charge in [-0.3, -0.25) is 0 Å². The molecule has 0 aromatic heterocycles. The fourth-order valence-corrected chi connectivity index (χ4v) is 1.05. The highest BCUT2D eigenvalue weighted by atomic mass is 16.3. The maximum atomic E-state index is 9.81. The van der Waals surface area contributed by atoms with Gasteiger partial charge >= 0.3 is 0 Å². The van der Waals surface area contributed by atoms with Crippen molar-refractivity contribution in [1.29, 1.82) is 0 Å². The van der Waals surface area contributed by atoms with Crippen molar-refractivity contribution in [3.8, 4) is 5.75 Å². The first-order valence-electron chi connectivity index (χ1n) is 4.08. The summed E-state index contributed by atoms with van der Waals surface area (Å²) in [5, 5.41) is 19.0. The summed E-state index contributed by atoms with van der Waals surface area (Å²) < 4.78 is 0. The Balaban J connectivity index is 3.03. The van der Waals surface area contributed by atoms with Crippen LogP contribution in [0, 0.1) is 0 Å². The van der Waals surface area contributed by atoms with Crippen molar-refractivity contribution >= 4 is 0 Å². The van der Waals surface area contributed by atoms with Crippen LogP contribution < -0.4 is 0 Å². The zero-order valence-electron chi connectivity index (χ0n) is 7.41. The molecule has 0 unspecified atom stereocenters. The van der Waals surface area contributed by atoms with E-state index in [1.54, 1.807) is 25.1 Å². The van der Waals surface area contributed by atoms with Gasteiger partial charge in [-0.2, -0.15) is 0 Å². The Kier molecular flexibility index (Phi) is 2.38. The molecule has 0 heterocycles. The number of phenols is 1. The normalized spacial score (nSPS) is 15.6. The maximum absolute atomic E-state index is 9.81. The highest BCUT2D eigenvalue weighted by Crippen LogP contribution is 2.26. The van der Waals surface area contributed by atoms with Gasteiger partial charge in [0.2, 0.25) is 0 Å². The molecule has 1 atom stereocenters. The molecule has 0 radical (unpaired) electrons. The highest BCUT2D eigenvalue weighted by Gasteiger charge is 2.20. The molecule has 0 saturated carbocycles. The number of benzene rings is 1. The second-order valence-corrected chi connectivity index (χ2v) is 3.18. The number of aliphatic hydroxyl groups is 1. The van der Waals surface area contributed by atoms with Crippen molar-refractivity contribution in [3.63, 3.8) is 0 Å². The molecule has 2 nitrogen and oxygen atoms in total. The summed E-state index contributed by atoms with van der Waals surface area (Å²) >= 11 is 0. The zero-order chi connectivity index (χ0) is 9.19. The molecule has 0 saturated heterocycles. The standard InChI is InChI=1S/C10H14O2/c1-3-10(2,12)8-5-4-6-9(11)7-8/h4-7,11-12H,3H2,1-2H3/t10-/m1/s1. The lowest BCUT2D eigenvalue weighted by Crippen LogP contribution is -2.19. The minimum Gasteiger partial charge on any atom is -0.508 e. The van der Waals surface area contributed by atoms with Crippen LogP contribution in [0.4, 0.5) is 0 Å². The van der Waals surface area contributed by atoms with Crippen LogP contribution in [0.3, 0.4) is 0 Å². The second kappa shape index (κ2) is 3.15. The van der Waals surface area contributed by atoms with Gasteiger partial charge in [0.15, 0.2) is 0 Å². The first-order valence-corrected chi connectivity index (χ1v) is 4.08. The van der Waals surface area contributed by atoms with Gasteiger partial charge < -0.3 is 10.2 Å². The molecule has 1 aromatic carbocycles. The summed E-state index contributed by atoms with van der Waals surface area (Å²) in [6.07, 6.45) is 0.635. The number of aromatic hydroxyl groups is 1.